The summed E-state index contributed by atoms with van der Waals surface area (Å²) in [5.74, 6) is 0.519. The first kappa shape index (κ1) is 22.2. The molecule has 0 aliphatic rings. The van der Waals surface area contributed by atoms with Crippen LogP contribution in [0.15, 0.2) is 42.2 Å². The maximum absolute atomic E-state index is 12.6. The molecule has 0 spiro atoms. The van der Waals surface area contributed by atoms with E-state index in [1.54, 1.807) is 37.1 Å². The molecule has 2 aromatic heterocycles. The minimum atomic E-state index is -0.290. The van der Waals surface area contributed by atoms with E-state index in [1.807, 2.05) is 12.1 Å². The normalized spacial score (nSPS) is 11.5. The van der Waals surface area contributed by atoms with Gasteiger partial charge in [-0.25, -0.2) is 4.98 Å². The van der Waals surface area contributed by atoms with Gasteiger partial charge in [0.05, 0.1) is 41.3 Å². The van der Waals surface area contributed by atoms with Gasteiger partial charge >= 0.3 is 0 Å². The number of carbonyl (C=O) groups is 2. The van der Waals surface area contributed by atoms with Crippen molar-refractivity contribution >= 4 is 23.2 Å². The highest BCUT2D eigenvalue weighted by atomic mass is 32.1. The van der Waals surface area contributed by atoms with Crippen molar-refractivity contribution in [3.8, 4) is 17.3 Å². The first-order valence-electron chi connectivity index (χ1n) is 10.1. The fourth-order valence-corrected chi connectivity index (χ4v) is 3.68. The lowest BCUT2D eigenvalue weighted by molar-refractivity contribution is -0.120. The van der Waals surface area contributed by atoms with Crippen LogP contribution in [0.5, 0.6) is 0 Å². The standard InChI is InChI=1S/C22H24N6O2S/c1-24-20(29)6-4-2-3-5-17(28-22(30)19-13-25-14-31-19)21-26-12-18(27-21)16-9-7-15(11-23)8-10-16/h7-10,12-14,17H,2-6H2,1H3,(H,24,29)(H,26,27)(H,28,30). The third kappa shape index (κ3) is 6.23. The third-order valence-corrected chi connectivity index (χ3v) is 5.66. The summed E-state index contributed by atoms with van der Waals surface area (Å²) in [6, 6.07) is 9.05. The first-order chi connectivity index (χ1) is 15.1. The Bertz CT molecular complexity index is 1040. The van der Waals surface area contributed by atoms with Crippen molar-refractivity contribution in [2.75, 3.05) is 7.05 Å². The SMILES string of the molecule is CNC(=O)CCCCCC(NC(=O)c1cncs1)c1ncc(-c2ccc(C#N)cc2)[nH]1. The number of hydrogen-bond donors (Lipinski definition) is 3. The van der Waals surface area contributed by atoms with Gasteiger partial charge in [0.1, 0.15) is 10.7 Å². The molecule has 0 saturated carbocycles. The van der Waals surface area contributed by atoms with Crippen molar-refractivity contribution in [3.63, 3.8) is 0 Å². The molecule has 1 atom stereocenters. The second-order valence-electron chi connectivity index (χ2n) is 7.04. The van der Waals surface area contributed by atoms with Gasteiger partial charge < -0.3 is 15.6 Å². The zero-order valence-electron chi connectivity index (χ0n) is 17.2. The van der Waals surface area contributed by atoms with Gasteiger partial charge in [-0.2, -0.15) is 5.26 Å². The van der Waals surface area contributed by atoms with Crippen molar-refractivity contribution in [2.45, 2.75) is 38.1 Å². The van der Waals surface area contributed by atoms with Crippen LogP contribution >= 0.6 is 11.3 Å². The molecule has 3 aromatic rings. The Labute approximate surface area is 184 Å². The number of benzene rings is 1. The summed E-state index contributed by atoms with van der Waals surface area (Å²) in [6.45, 7) is 0. The summed E-state index contributed by atoms with van der Waals surface area (Å²) in [5.41, 5.74) is 3.94. The highest BCUT2D eigenvalue weighted by Crippen LogP contribution is 2.23. The van der Waals surface area contributed by atoms with Gasteiger partial charge in [0, 0.05) is 13.5 Å². The van der Waals surface area contributed by atoms with Crippen molar-refractivity contribution in [1.29, 1.82) is 5.26 Å². The van der Waals surface area contributed by atoms with E-state index in [4.69, 9.17) is 5.26 Å². The van der Waals surface area contributed by atoms with Crippen LogP contribution in [0.1, 0.15) is 59.2 Å². The zero-order valence-corrected chi connectivity index (χ0v) is 18.0. The van der Waals surface area contributed by atoms with Gasteiger partial charge in [0.2, 0.25) is 5.91 Å². The molecule has 3 N–H and O–H groups in total. The molecule has 0 aliphatic heterocycles. The van der Waals surface area contributed by atoms with E-state index in [0.717, 1.165) is 30.5 Å². The summed E-state index contributed by atoms with van der Waals surface area (Å²) in [7, 11) is 1.63. The summed E-state index contributed by atoms with van der Waals surface area (Å²) in [5, 5.41) is 14.6. The molecule has 1 aromatic carbocycles. The number of carbonyl (C=O) groups excluding carboxylic acids is 2. The molecule has 2 heterocycles. The number of aromatic amines is 1. The van der Waals surface area contributed by atoms with E-state index in [9.17, 15) is 9.59 Å². The smallest absolute Gasteiger partial charge is 0.263 e. The molecule has 0 fully saturated rings. The maximum Gasteiger partial charge on any atom is 0.263 e. The topological polar surface area (TPSA) is 124 Å². The number of H-pyrrole nitrogens is 1. The molecule has 1 unspecified atom stereocenters. The Morgan fingerprint density at radius 3 is 2.68 bits per heavy atom. The fourth-order valence-electron chi connectivity index (χ4n) is 3.16. The van der Waals surface area contributed by atoms with Crippen molar-refractivity contribution in [2.24, 2.45) is 0 Å². The lowest BCUT2D eigenvalue weighted by Gasteiger charge is -2.16. The lowest BCUT2D eigenvalue weighted by atomic mass is 10.1. The molecule has 8 nitrogen and oxygen atoms in total. The van der Waals surface area contributed by atoms with Gasteiger partial charge in [-0.1, -0.05) is 25.0 Å². The van der Waals surface area contributed by atoms with Crippen LogP contribution < -0.4 is 10.6 Å². The average molecular weight is 437 g/mol. The van der Waals surface area contributed by atoms with Crippen LogP contribution in [0.4, 0.5) is 0 Å². The quantitative estimate of drug-likeness (QED) is 0.419. The number of nitriles is 1. The molecule has 0 bridgehead atoms. The Balaban J connectivity index is 1.69. The second kappa shape index (κ2) is 11.0. The number of nitrogens with one attached hydrogen (secondary N) is 3. The maximum atomic E-state index is 12.6. The Kier molecular flexibility index (Phi) is 7.90. The van der Waals surface area contributed by atoms with Crippen LogP contribution in [0, 0.1) is 11.3 Å². The highest BCUT2D eigenvalue weighted by molar-refractivity contribution is 7.11. The van der Waals surface area contributed by atoms with Gasteiger partial charge in [-0.05, 0) is 30.5 Å². The molecule has 0 aliphatic carbocycles. The van der Waals surface area contributed by atoms with E-state index >= 15 is 0 Å². The second-order valence-corrected chi connectivity index (χ2v) is 7.92. The van der Waals surface area contributed by atoms with Crippen LogP contribution in [-0.2, 0) is 4.79 Å². The number of thiazole rings is 1. The van der Waals surface area contributed by atoms with Gasteiger partial charge in [-0.3, -0.25) is 14.6 Å². The summed E-state index contributed by atoms with van der Waals surface area (Å²) in [4.78, 5) is 36.3. The minimum Gasteiger partial charge on any atom is -0.359 e. The molecule has 160 valence electrons. The summed E-state index contributed by atoms with van der Waals surface area (Å²) in [6.07, 6.45) is 6.99. The molecule has 0 saturated heterocycles. The van der Waals surface area contributed by atoms with Crippen LogP contribution in [0.25, 0.3) is 11.3 Å². The number of rotatable bonds is 10. The van der Waals surface area contributed by atoms with E-state index in [2.05, 4.69) is 31.7 Å². The number of unbranched alkanes of at least 4 members (excludes halogenated alkanes) is 2. The summed E-state index contributed by atoms with van der Waals surface area (Å²) < 4.78 is 0. The molecule has 31 heavy (non-hydrogen) atoms. The van der Waals surface area contributed by atoms with E-state index < -0.39 is 0 Å². The zero-order chi connectivity index (χ0) is 22.1. The van der Waals surface area contributed by atoms with Crippen molar-refractivity contribution in [3.05, 3.63) is 58.4 Å². The number of nitrogens with zero attached hydrogens (tertiary/aromatic N) is 3. The predicted octanol–water partition coefficient (Wildman–Crippen LogP) is 3.57. The fraction of sp³-hybridized carbons (Fsp3) is 0.318. The molecule has 9 heteroatoms. The van der Waals surface area contributed by atoms with E-state index in [0.29, 0.717) is 29.1 Å². The lowest BCUT2D eigenvalue weighted by Crippen LogP contribution is -2.28. The number of hydrogen-bond acceptors (Lipinski definition) is 6. The van der Waals surface area contributed by atoms with Gasteiger partial charge in [0.25, 0.3) is 5.91 Å². The van der Waals surface area contributed by atoms with Crippen LogP contribution in [0.3, 0.4) is 0 Å². The highest BCUT2D eigenvalue weighted by Gasteiger charge is 2.20. The average Bonchev–Trinajstić information content (AvgIpc) is 3.50. The number of imidazole rings is 1. The van der Waals surface area contributed by atoms with E-state index in [-0.39, 0.29) is 17.9 Å². The number of aromatic nitrogens is 3. The molecule has 0 radical (unpaired) electrons. The Hall–Kier alpha value is -3.51. The predicted molar refractivity (Wildman–Crippen MR) is 118 cm³/mol. The van der Waals surface area contributed by atoms with Gasteiger partial charge in [-0.15, -0.1) is 11.3 Å². The minimum absolute atomic E-state index is 0.0353. The molecule has 2 amide bonds. The van der Waals surface area contributed by atoms with Crippen molar-refractivity contribution < 1.29 is 9.59 Å². The van der Waals surface area contributed by atoms with Crippen LogP contribution in [0.2, 0.25) is 0 Å². The van der Waals surface area contributed by atoms with Gasteiger partial charge in [0.15, 0.2) is 0 Å². The Morgan fingerprint density at radius 2 is 2.00 bits per heavy atom. The Morgan fingerprint density at radius 1 is 1.19 bits per heavy atom. The first-order valence-corrected chi connectivity index (χ1v) is 10.9. The molecular weight excluding hydrogens is 412 g/mol. The molecular formula is C22H24N6O2S. The number of amides is 2. The largest absolute Gasteiger partial charge is 0.359 e. The monoisotopic (exact) mass is 436 g/mol. The summed E-state index contributed by atoms with van der Waals surface area (Å²) >= 11 is 1.29. The third-order valence-electron chi connectivity index (χ3n) is 4.89. The van der Waals surface area contributed by atoms with E-state index in [1.165, 1.54) is 11.3 Å². The molecule has 3 rings (SSSR count). The van der Waals surface area contributed by atoms with Crippen molar-refractivity contribution in [1.82, 2.24) is 25.6 Å². The van der Waals surface area contributed by atoms with Crippen LogP contribution in [-0.4, -0.2) is 33.8 Å².